The van der Waals surface area contributed by atoms with E-state index >= 15 is 0 Å². The molecule has 0 radical (unpaired) electrons. The maximum Gasteiger partial charge on any atom is 0.213 e. The lowest BCUT2D eigenvalue weighted by Crippen LogP contribution is -2.38. The van der Waals surface area contributed by atoms with Gasteiger partial charge in [-0.25, -0.2) is 13.1 Å². The molecule has 1 aromatic rings. The standard InChI is InChI=1S/C13H20N2O3S/c1-10(2)19(16,17)15-9-12-11-5-3-4-6-13(11)18-8-7-14-12/h3-6,10,12,14-15H,7-9H2,1-2H3. The summed E-state index contributed by atoms with van der Waals surface area (Å²) in [6.07, 6.45) is 0. The first kappa shape index (κ1) is 14.3. The molecular formula is C13H20N2O3S. The molecule has 0 aliphatic carbocycles. The van der Waals surface area contributed by atoms with E-state index in [-0.39, 0.29) is 6.04 Å². The van der Waals surface area contributed by atoms with Gasteiger partial charge in [-0.15, -0.1) is 0 Å². The van der Waals surface area contributed by atoms with Crippen LogP contribution in [0, 0.1) is 0 Å². The van der Waals surface area contributed by atoms with Gasteiger partial charge in [-0.3, -0.25) is 0 Å². The van der Waals surface area contributed by atoms with Crippen LogP contribution in [0.2, 0.25) is 0 Å². The fourth-order valence-electron chi connectivity index (χ4n) is 1.95. The number of ether oxygens (including phenoxy) is 1. The zero-order valence-corrected chi connectivity index (χ0v) is 12.0. The van der Waals surface area contributed by atoms with Crippen molar-refractivity contribution >= 4 is 10.0 Å². The van der Waals surface area contributed by atoms with Crippen LogP contribution in [0.25, 0.3) is 0 Å². The van der Waals surface area contributed by atoms with E-state index in [2.05, 4.69) is 10.0 Å². The summed E-state index contributed by atoms with van der Waals surface area (Å²) in [5, 5.41) is 2.87. The topological polar surface area (TPSA) is 67.4 Å². The van der Waals surface area contributed by atoms with Crippen LogP contribution >= 0.6 is 0 Å². The monoisotopic (exact) mass is 284 g/mol. The Hall–Kier alpha value is -1.11. The Balaban J connectivity index is 2.13. The van der Waals surface area contributed by atoms with Gasteiger partial charge in [0.1, 0.15) is 12.4 Å². The van der Waals surface area contributed by atoms with Gasteiger partial charge in [-0.05, 0) is 19.9 Å². The molecule has 0 amide bonds. The van der Waals surface area contributed by atoms with Crippen molar-refractivity contribution < 1.29 is 13.2 Å². The molecule has 0 saturated heterocycles. The number of hydrogen-bond donors (Lipinski definition) is 2. The molecule has 1 aliphatic heterocycles. The number of para-hydroxylation sites is 1. The predicted molar refractivity (Wildman–Crippen MR) is 74.7 cm³/mol. The average Bonchev–Trinajstić information content (AvgIpc) is 2.58. The highest BCUT2D eigenvalue weighted by atomic mass is 32.2. The molecule has 1 atom stereocenters. The van der Waals surface area contributed by atoms with Gasteiger partial charge in [0.15, 0.2) is 0 Å². The van der Waals surface area contributed by atoms with Gasteiger partial charge in [0.25, 0.3) is 0 Å². The normalized spacial score (nSPS) is 19.6. The quantitative estimate of drug-likeness (QED) is 0.867. The van der Waals surface area contributed by atoms with E-state index in [0.29, 0.717) is 19.7 Å². The Labute approximate surface area is 114 Å². The first-order chi connectivity index (χ1) is 9.00. The zero-order chi connectivity index (χ0) is 13.9. The molecule has 0 saturated carbocycles. The highest BCUT2D eigenvalue weighted by Crippen LogP contribution is 2.26. The first-order valence-electron chi connectivity index (χ1n) is 6.44. The molecule has 6 heteroatoms. The molecule has 2 rings (SSSR count). The predicted octanol–water partition coefficient (Wildman–Crippen LogP) is 1.04. The largest absolute Gasteiger partial charge is 0.492 e. The van der Waals surface area contributed by atoms with Crippen molar-refractivity contribution in [1.82, 2.24) is 10.0 Å². The van der Waals surface area contributed by atoms with E-state index in [9.17, 15) is 8.42 Å². The Bertz CT molecular complexity index is 528. The second-order valence-electron chi connectivity index (χ2n) is 4.84. The van der Waals surface area contributed by atoms with Gasteiger partial charge in [0.05, 0.1) is 5.25 Å². The van der Waals surface area contributed by atoms with E-state index < -0.39 is 15.3 Å². The maximum atomic E-state index is 11.8. The lowest BCUT2D eigenvalue weighted by molar-refractivity contribution is 0.324. The Kier molecular flexibility index (Phi) is 4.44. The number of hydrogen-bond acceptors (Lipinski definition) is 4. The number of benzene rings is 1. The number of nitrogens with one attached hydrogen (secondary N) is 2. The average molecular weight is 284 g/mol. The fourth-order valence-corrected chi connectivity index (χ4v) is 2.68. The van der Waals surface area contributed by atoms with Gasteiger partial charge in [0, 0.05) is 24.7 Å². The molecule has 106 valence electrons. The van der Waals surface area contributed by atoms with Gasteiger partial charge >= 0.3 is 0 Å². The Morgan fingerprint density at radius 3 is 2.89 bits per heavy atom. The highest BCUT2D eigenvalue weighted by molar-refractivity contribution is 7.90. The molecule has 1 aliphatic rings. The van der Waals surface area contributed by atoms with E-state index in [1.54, 1.807) is 13.8 Å². The van der Waals surface area contributed by atoms with Crippen LogP contribution in [0.1, 0.15) is 25.5 Å². The van der Waals surface area contributed by atoms with E-state index in [4.69, 9.17) is 4.74 Å². The molecule has 0 bridgehead atoms. The molecular weight excluding hydrogens is 264 g/mol. The summed E-state index contributed by atoms with van der Waals surface area (Å²) in [6.45, 7) is 4.95. The molecule has 1 aromatic carbocycles. The van der Waals surface area contributed by atoms with E-state index in [1.165, 1.54) is 0 Å². The summed E-state index contributed by atoms with van der Waals surface area (Å²) < 4.78 is 31.9. The first-order valence-corrected chi connectivity index (χ1v) is 7.99. The third-order valence-corrected chi connectivity index (χ3v) is 4.96. The van der Waals surface area contributed by atoms with Gasteiger partial charge in [-0.2, -0.15) is 0 Å². The molecule has 19 heavy (non-hydrogen) atoms. The van der Waals surface area contributed by atoms with Crippen LogP contribution in [0.4, 0.5) is 0 Å². The third-order valence-electron chi connectivity index (χ3n) is 3.15. The Morgan fingerprint density at radius 2 is 2.16 bits per heavy atom. The number of sulfonamides is 1. The van der Waals surface area contributed by atoms with Crippen LogP contribution in [-0.4, -0.2) is 33.4 Å². The summed E-state index contributed by atoms with van der Waals surface area (Å²) in [5.74, 6) is 0.821. The van der Waals surface area contributed by atoms with E-state index in [1.807, 2.05) is 24.3 Å². The highest BCUT2D eigenvalue weighted by Gasteiger charge is 2.22. The molecule has 1 heterocycles. The van der Waals surface area contributed by atoms with Crippen molar-refractivity contribution in [1.29, 1.82) is 0 Å². The lowest BCUT2D eigenvalue weighted by Gasteiger charge is -2.19. The van der Waals surface area contributed by atoms with Gasteiger partial charge in [-0.1, -0.05) is 18.2 Å². The Morgan fingerprint density at radius 1 is 1.42 bits per heavy atom. The number of rotatable bonds is 4. The van der Waals surface area contributed by atoms with Crippen LogP contribution in [0.3, 0.4) is 0 Å². The third kappa shape index (κ3) is 3.46. The van der Waals surface area contributed by atoms with Crippen LogP contribution in [-0.2, 0) is 10.0 Å². The maximum absolute atomic E-state index is 11.8. The summed E-state index contributed by atoms with van der Waals surface area (Å²) in [4.78, 5) is 0. The summed E-state index contributed by atoms with van der Waals surface area (Å²) in [7, 11) is -3.24. The SMILES string of the molecule is CC(C)S(=O)(=O)NCC1NCCOc2ccccc21. The van der Waals surface area contributed by atoms with Crippen molar-refractivity contribution in [2.45, 2.75) is 25.1 Å². The molecule has 1 unspecified atom stereocenters. The minimum atomic E-state index is -3.24. The zero-order valence-electron chi connectivity index (χ0n) is 11.2. The second-order valence-corrected chi connectivity index (χ2v) is 7.16. The van der Waals surface area contributed by atoms with Crippen molar-refractivity contribution in [3.8, 4) is 5.75 Å². The van der Waals surface area contributed by atoms with Crippen molar-refractivity contribution in [3.05, 3.63) is 29.8 Å². The van der Waals surface area contributed by atoms with Crippen molar-refractivity contribution in [2.24, 2.45) is 0 Å². The van der Waals surface area contributed by atoms with Gasteiger partial charge < -0.3 is 10.1 Å². The molecule has 0 aromatic heterocycles. The number of fused-ring (bicyclic) bond motifs is 1. The van der Waals surface area contributed by atoms with Crippen LogP contribution < -0.4 is 14.8 Å². The second kappa shape index (κ2) is 5.90. The van der Waals surface area contributed by atoms with Crippen molar-refractivity contribution in [2.75, 3.05) is 19.7 Å². The minimum absolute atomic E-state index is 0.0628. The molecule has 0 fully saturated rings. The van der Waals surface area contributed by atoms with Gasteiger partial charge in [0.2, 0.25) is 10.0 Å². The van der Waals surface area contributed by atoms with Crippen LogP contribution in [0.5, 0.6) is 5.75 Å². The molecule has 5 nitrogen and oxygen atoms in total. The fraction of sp³-hybridized carbons (Fsp3) is 0.538. The smallest absolute Gasteiger partial charge is 0.213 e. The summed E-state index contributed by atoms with van der Waals surface area (Å²) in [6, 6.07) is 7.65. The minimum Gasteiger partial charge on any atom is -0.492 e. The summed E-state index contributed by atoms with van der Waals surface area (Å²) in [5.41, 5.74) is 0.992. The molecule has 0 spiro atoms. The van der Waals surface area contributed by atoms with E-state index in [0.717, 1.165) is 11.3 Å². The molecule has 2 N–H and O–H groups in total. The summed E-state index contributed by atoms with van der Waals surface area (Å²) >= 11 is 0. The van der Waals surface area contributed by atoms with Crippen LogP contribution in [0.15, 0.2) is 24.3 Å². The van der Waals surface area contributed by atoms with Crippen molar-refractivity contribution in [3.63, 3.8) is 0 Å². The lowest BCUT2D eigenvalue weighted by atomic mass is 10.1.